The minimum Gasteiger partial charge on any atom is -0.468 e. The number of methoxy groups -OCH3 is 3. The fraction of sp³-hybridized carbons (Fsp3) is 0.462. The fourth-order valence-electron chi connectivity index (χ4n) is 1.63. The van der Waals surface area contributed by atoms with E-state index in [0.29, 0.717) is 5.56 Å². The molecule has 0 aliphatic rings. The predicted molar refractivity (Wildman–Crippen MR) is 69.4 cm³/mol. The third kappa shape index (κ3) is 4.92. The van der Waals surface area contributed by atoms with Gasteiger partial charge in [0.1, 0.15) is 0 Å². The van der Waals surface area contributed by atoms with Crippen LogP contribution in [-0.2, 0) is 30.3 Å². The largest absolute Gasteiger partial charge is 0.468 e. The topological polar surface area (TPSA) is 95.3 Å². The lowest BCUT2D eigenvalue weighted by Crippen LogP contribution is -2.35. The molecule has 0 saturated carbocycles. The van der Waals surface area contributed by atoms with Gasteiger partial charge in [0.05, 0.1) is 40.7 Å². The van der Waals surface area contributed by atoms with E-state index in [2.05, 4.69) is 14.2 Å². The van der Waals surface area contributed by atoms with Crippen molar-refractivity contribution in [2.24, 2.45) is 0 Å². The molecular formula is C13H17NO7. The first-order valence-corrected chi connectivity index (χ1v) is 6.02. The predicted octanol–water partition coefficient (Wildman–Crippen LogP) is 0.214. The highest BCUT2D eigenvalue weighted by atomic mass is 16.5. The van der Waals surface area contributed by atoms with Gasteiger partial charge in [0.25, 0.3) is 0 Å². The molecule has 0 saturated heterocycles. The summed E-state index contributed by atoms with van der Waals surface area (Å²) in [6.07, 6.45) is 1.33. The lowest BCUT2D eigenvalue weighted by molar-refractivity contribution is -0.145. The monoisotopic (exact) mass is 299 g/mol. The normalized spacial score (nSPS) is 10.3. The van der Waals surface area contributed by atoms with Gasteiger partial charge in [0, 0.05) is 12.1 Å². The Bertz CT molecular complexity index is 490. The molecule has 1 aromatic heterocycles. The van der Waals surface area contributed by atoms with E-state index in [0.717, 1.165) is 0 Å². The summed E-state index contributed by atoms with van der Waals surface area (Å²) in [5, 5.41) is 0. The average Bonchev–Trinajstić information content (AvgIpc) is 2.93. The Kier molecular flexibility index (Phi) is 6.41. The molecule has 0 fully saturated rings. The molecule has 0 aliphatic carbocycles. The Morgan fingerprint density at radius 1 is 1.05 bits per heavy atom. The minimum absolute atomic E-state index is 0.0252. The van der Waals surface area contributed by atoms with E-state index >= 15 is 0 Å². The number of ether oxygens (including phenoxy) is 3. The third-order valence-electron chi connectivity index (χ3n) is 2.67. The Balaban J connectivity index is 2.84. The molecule has 0 unspecified atom stereocenters. The Morgan fingerprint density at radius 3 is 2.10 bits per heavy atom. The SMILES string of the molecule is COC(=O)CN(CC(=O)OC)Cc1ccoc1C(=O)OC. The number of carbonyl (C=O) groups excluding carboxylic acids is 3. The number of furan rings is 1. The molecule has 0 atom stereocenters. The van der Waals surface area contributed by atoms with Gasteiger partial charge in [-0.2, -0.15) is 0 Å². The van der Waals surface area contributed by atoms with Crippen LogP contribution in [0.15, 0.2) is 16.7 Å². The van der Waals surface area contributed by atoms with Gasteiger partial charge >= 0.3 is 17.9 Å². The first-order valence-electron chi connectivity index (χ1n) is 6.02. The summed E-state index contributed by atoms with van der Waals surface area (Å²) in [6, 6.07) is 1.56. The molecule has 8 heteroatoms. The van der Waals surface area contributed by atoms with Gasteiger partial charge < -0.3 is 18.6 Å². The van der Waals surface area contributed by atoms with Crippen molar-refractivity contribution in [2.45, 2.75) is 6.54 Å². The van der Waals surface area contributed by atoms with E-state index in [1.54, 1.807) is 6.07 Å². The molecule has 21 heavy (non-hydrogen) atoms. The quantitative estimate of drug-likeness (QED) is 0.521. The molecule has 0 radical (unpaired) electrons. The second-order valence-electron chi connectivity index (χ2n) is 4.06. The van der Waals surface area contributed by atoms with Gasteiger partial charge in [-0.15, -0.1) is 0 Å². The maximum Gasteiger partial charge on any atom is 0.374 e. The molecule has 0 N–H and O–H groups in total. The minimum atomic E-state index is -0.633. The van der Waals surface area contributed by atoms with Crippen LogP contribution < -0.4 is 0 Å². The Morgan fingerprint density at radius 2 is 1.62 bits per heavy atom. The van der Waals surface area contributed by atoms with Gasteiger partial charge in [-0.1, -0.05) is 0 Å². The average molecular weight is 299 g/mol. The van der Waals surface area contributed by atoms with Crippen molar-refractivity contribution < 1.29 is 33.0 Å². The fourth-order valence-corrected chi connectivity index (χ4v) is 1.63. The molecular weight excluding hydrogens is 282 g/mol. The summed E-state index contributed by atoms with van der Waals surface area (Å²) < 4.78 is 18.8. The van der Waals surface area contributed by atoms with E-state index in [1.165, 1.54) is 32.5 Å². The summed E-state index contributed by atoms with van der Waals surface area (Å²) in [7, 11) is 3.72. The summed E-state index contributed by atoms with van der Waals surface area (Å²) >= 11 is 0. The third-order valence-corrected chi connectivity index (χ3v) is 2.67. The number of rotatable bonds is 7. The summed E-state index contributed by atoms with van der Waals surface area (Å²) in [6.45, 7) is -0.125. The zero-order chi connectivity index (χ0) is 15.8. The number of hydrogen-bond donors (Lipinski definition) is 0. The van der Waals surface area contributed by atoms with Crippen molar-refractivity contribution in [1.29, 1.82) is 0 Å². The van der Waals surface area contributed by atoms with Crippen LogP contribution in [0.2, 0.25) is 0 Å². The number of esters is 3. The summed E-state index contributed by atoms with van der Waals surface area (Å²) in [5.74, 6) is -1.63. The number of carbonyl (C=O) groups is 3. The van der Waals surface area contributed by atoms with Crippen LogP contribution in [0.4, 0.5) is 0 Å². The van der Waals surface area contributed by atoms with Crippen LogP contribution in [0.1, 0.15) is 16.1 Å². The molecule has 1 heterocycles. The zero-order valence-corrected chi connectivity index (χ0v) is 12.1. The van der Waals surface area contributed by atoms with E-state index in [-0.39, 0.29) is 25.4 Å². The van der Waals surface area contributed by atoms with Gasteiger partial charge in [-0.3, -0.25) is 14.5 Å². The van der Waals surface area contributed by atoms with E-state index in [9.17, 15) is 14.4 Å². The molecule has 0 aromatic carbocycles. The lowest BCUT2D eigenvalue weighted by atomic mass is 10.2. The Labute approximate surface area is 121 Å². The van der Waals surface area contributed by atoms with E-state index < -0.39 is 17.9 Å². The number of nitrogens with zero attached hydrogens (tertiary/aromatic N) is 1. The van der Waals surface area contributed by atoms with Crippen molar-refractivity contribution in [1.82, 2.24) is 4.90 Å². The highest BCUT2D eigenvalue weighted by Crippen LogP contribution is 2.14. The van der Waals surface area contributed by atoms with Crippen LogP contribution in [0.3, 0.4) is 0 Å². The van der Waals surface area contributed by atoms with Crippen LogP contribution >= 0.6 is 0 Å². The molecule has 116 valence electrons. The van der Waals surface area contributed by atoms with Gasteiger partial charge in [-0.05, 0) is 6.07 Å². The highest BCUT2D eigenvalue weighted by Gasteiger charge is 2.21. The first kappa shape index (κ1) is 16.7. The van der Waals surface area contributed by atoms with Crippen LogP contribution in [0.5, 0.6) is 0 Å². The summed E-state index contributed by atoms with van der Waals surface area (Å²) in [5.41, 5.74) is 0.495. The van der Waals surface area contributed by atoms with Crippen molar-refractivity contribution in [3.05, 3.63) is 23.7 Å². The second-order valence-corrected chi connectivity index (χ2v) is 4.06. The molecule has 0 spiro atoms. The first-order chi connectivity index (χ1) is 10.0. The zero-order valence-electron chi connectivity index (χ0n) is 12.1. The van der Waals surface area contributed by atoms with Gasteiger partial charge in [0.15, 0.2) is 0 Å². The van der Waals surface area contributed by atoms with Crippen LogP contribution in [0.25, 0.3) is 0 Å². The number of hydrogen-bond acceptors (Lipinski definition) is 8. The van der Waals surface area contributed by atoms with Crippen LogP contribution in [-0.4, -0.2) is 57.2 Å². The van der Waals surface area contributed by atoms with Crippen molar-refractivity contribution in [2.75, 3.05) is 34.4 Å². The molecule has 0 amide bonds. The van der Waals surface area contributed by atoms with Crippen molar-refractivity contribution in [3.63, 3.8) is 0 Å². The lowest BCUT2D eigenvalue weighted by Gasteiger charge is -2.19. The van der Waals surface area contributed by atoms with Gasteiger partial charge in [-0.25, -0.2) is 4.79 Å². The van der Waals surface area contributed by atoms with E-state index in [1.807, 2.05) is 0 Å². The second kappa shape index (κ2) is 8.05. The molecule has 1 aromatic rings. The standard InChI is InChI=1S/C13H17NO7/c1-18-10(15)7-14(8-11(16)19-2)6-9-4-5-21-12(9)13(17)20-3/h4-5H,6-8H2,1-3H3. The van der Waals surface area contributed by atoms with Crippen molar-refractivity contribution >= 4 is 17.9 Å². The molecule has 0 aliphatic heterocycles. The molecule has 1 rings (SSSR count). The maximum atomic E-state index is 11.5. The van der Waals surface area contributed by atoms with Crippen molar-refractivity contribution in [3.8, 4) is 0 Å². The van der Waals surface area contributed by atoms with Gasteiger partial charge in [0.2, 0.25) is 5.76 Å². The molecule has 0 bridgehead atoms. The molecule has 8 nitrogen and oxygen atoms in total. The Hall–Kier alpha value is -2.35. The summed E-state index contributed by atoms with van der Waals surface area (Å²) in [4.78, 5) is 35.7. The van der Waals surface area contributed by atoms with Crippen LogP contribution in [0, 0.1) is 0 Å². The highest BCUT2D eigenvalue weighted by molar-refractivity contribution is 5.87. The smallest absolute Gasteiger partial charge is 0.374 e. The maximum absolute atomic E-state index is 11.5. The van der Waals surface area contributed by atoms with E-state index in [4.69, 9.17) is 4.42 Å².